The summed E-state index contributed by atoms with van der Waals surface area (Å²) in [6.07, 6.45) is 0. The van der Waals surface area contributed by atoms with E-state index in [1.807, 2.05) is 36.4 Å². The number of fused-ring (bicyclic) bond motifs is 1. The van der Waals surface area contributed by atoms with E-state index in [0.717, 1.165) is 26.4 Å². The van der Waals surface area contributed by atoms with Gasteiger partial charge in [0, 0.05) is 17.7 Å². The van der Waals surface area contributed by atoms with Crippen LogP contribution in [0.1, 0.15) is 5.56 Å². The van der Waals surface area contributed by atoms with E-state index in [9.17, 15) is 10.1 Å². The molecule has 0 aliphatic carbocycles. The first-order valence-corrected chi connectivity index (χ1v) is 9.36. The van der Waals surface area contributed by atoms with Crippen LogP contribution in [0.5, 0.6) is 11.5 Å². The van der Waals surface area contributed by atoms with Crippen LogP contribution in [0.4, 0.5) is 5.69 Å². The molecule has 0 N–H and O–H groups in total. The number of methoxy groups -OCH3 is 1. The average Bonchev–Trinajstić information content (AvgIpc) is 3.16. The Morgan fingerprint density at radius 1 is 1.04 bits per heavy atom. The topological polar surface area (TPSA) is 74.5 Å². The van der Waals surface area contributed by atoms with Gasteiger partial charge in [0.2, 0.25) is 0 Å². The van der Waals surface area contributed by atoms with E-state index < -0.39 is 4.92 Å². The highest BCUT2D eigenvalue weighted by Crippen LogP contribution is 2.36. The van der Waals surface area contributed by atoms with Crippen LogP contribution in [0.2, 0.25) is 0 Å². The quantitative estimate of drug-likeness (QED) is 0.322. The SMILES string of the molecule is COc1cc(-c2nc3ccccc3s2)ccc1OCc1ccc([N+](=O)[O-])cc1. The lowest BCUT2D eigenvalue weighted by Crippen LogP contribution is -1.98. The van der Waals surface area contributed by atoms with Gasteiger partial charge in [-0.25, -0.2) is 4.98 Å². The largest absolute Gasteiger partial charge is 0.493 e. The standard InChI is InChI=1S/C21H16N2O4S/c1-26-19-12-15(21-22-17-4-2-3-5-20(17)28-21)8-11-18(19)27-13-14-6-9-16(10-7-14)23(24)25/h2-12H,13H2,1H3. The molecular weight excluding hydrogens is 376 g/mol. The van der Waals surface area contributed by atoms with Crippen molar-refractivity contribution in [3.8, 4) is 22.1 Å². The number of hydrogen-bond donors (Lipinski definition) is 0. The second-order valence-electron chi connectivity index (χ2n) is 6.06. The first-order valence-electron chi connectivity index (χ1n) is 8.54. The molecule has 140 valence electrons. The van der Waals surface area contributed by atoms with E-state index in [0.29, 0.717) is 11.5 Å². The number of hydrogen-bond acceptors (Lipinski definition) is 6. The molecule has 0 saturated carbocycles. The van der Waals surface area contributed by atoms with Crippen LogP contribution < -0.4 is 9.47 Å². The van der Waals surface area contributed by atoms with Gasteiger partial charge in [0.25, 0.3) is 5.69 Å². The second kappa shape index (κ2) is 7.66. The van der Waals surface area contributed by atoms with Crippen molar-refractivity contribution in [2.75, 3.05) is 7.11 Å². The molecule has 0 unspecified atom stereocenters. The molecule has 4 rings (SSSR count). The molecular formula is C21H16N2O4S. The van der Waals surface area contributed by atoms with E-state index in [-0.39, 0.29) is 12.3 Å². The van der Waals surface area contributed by atoms with Gasteiger partial charge in [-0.05, 0) is 48.0 Å². The van der Waals surface area contributed by atoms with Crippen LogP contribution in [0, 0.1) is 10.1 Å². The number of nitro groups is 1. The van der Waals surface area contributed by atoms with Crippen LogP contribution >= 0.6 is 11.3 Å². The van der Waals surface area contributed by atoms with Crippen molar-refractivity contribution in [1.82, 2.24) is 4.98 Å². The van der Waals surface area contributed by atoms with Crippen molar-refractivity contribution in [3.63, 3.8) is 0 Å². The zero-order valence-electron chi connectivity index (χ0n) is 15.0. The molecule has 0 aliphatic heterocycles. The van der Waals surface area contributed by atoms with Crippen LogP contribution in [-0.4, -0.2) is 17.0 Å². The lowest BCUT2D eigenvalue weighted by atomic mass is 10.2. The van der Waals surface area contributed by atoms with Gasteiger partial charge < -0.3 is 9.47 Å². The molecule has 0 bridgehead atoms. The van der Waals surface area contributed by atoms with E-state index in [2.05, 4.69) is 11.1 Å². The molecule has 0 saturated heterocycles. The Hall–Kier alpha value is -3.45. The first-order chi connectivity index (χ1) is 13.6. The maximum Gasteiger partial charge on any atom is 0.269 e. The zero-order chi connectivity index (χ0) is 19.5. The van der Waals surface area contributed by atoms with Gasteiger partial charge in [-0.2, -0.15) is 0 Å². The maximum absolute atomic E-state index is 10.7. The third-order valence-corrected chi connectivity index (χ3v) is 5.33. The molecule has 0 aliphatic rings. The number of nitro benzene ring substituents is 1. The molecule has 28 heavy (non-hydrogen) atoms. The monoisotopic (exact) mass is 392 g/mol. The van der Waals surface area contributed by atoms with Crippen molar-refractivity contribution in [3.05, 3.63) is 82.4 Å². The van der Waals surface area contributed by atoms with Gasteiger partial charge in [-0.1, -0.05) is 12.1 Å². The number of benzene rings is 3. The predicted octanol–water partition coefficient (Wildman–Crippen LogP) is 5.46. The zero-order valence-corrected chi connectivity index (χ0v) is 15.8. The molecule has 0 atom stereocenters. The Labute approximate surface area is 165 Å². The summed E-state index contributed by atoms with van der Waals surface area (Å²) in [4.78, 5) is 15.0. The fraction of sp³-hybridized carbons (Fsp3) is 0.0952. The van der Waals surface area contributed by atoms with E-state index in [4.69, 9.17) is 9.47 Å². The minimum Gasteiger partial charge on any atom is -0.493 e. The Morgan fingerprint density at radius 2 is 1.82 bits per heavy atom. The van der Waals surface area contributed by atoms with Gasteiger partial charge in [0.15, 0.2) is 11.5 Å². The minimum atomic E-state index is -0.422. The first kappa shape index (κ1) is 17.9. The average molecular weight is 392 g/mol. The van der Waals surface area contributed by atoms with Gasteiger partial charge in [0.05, 0.1) is 22.2 Å². The number of para-hydroxylation sites is 1. The van der Waals surface area contributed by atoms with Gasteiger partial charge in [0.1, 0.15) is 11.6 Å². The second-order valence-corrected chi connectivity index (χ2v) is 7.10. The van der Waals surface area contributed by atoms with Crippen molar-refractivity contribution in [2.24, 2.45) is 0 Å². The smallest absolute Gasteiger partial charge is 0.269 e. The van der Waals surface area contributed by atoms with E-state index in [1.54, 1.807) is 30.6 Å². The molecule has 1 heterocycles. The van der Waals surface area contributed by atoms with Crippen molar-refractivity contribution >= 4 is 27.2 Å². The third kappa shape index (κ3) is 3.65. The number of ether oxygens (including phenoxy) is 2. The van der Waals surface area contributed by atoms with Gasteiger partial charge >= 0.3 is 0 Å². The molecule has 4 aromatic rings. The molecule has 0 spiro atoms. The third-order valence-electron chi connectivity index (χ3n) is 4.25. The molecule has 0 amide bonds. The summed E-state index contributed by atoms with van der Waals surface area (Å²) < 4.78 is 12.5. The van der Waals surface area contributed by atoms with Crippen molar-refractivity contribution in [1.29, 1.82) is 0 Å². The summed E-state index contributed by atoms with van der Waals surface area (Å²) >= 11 is 1.63. The maximum atomic E-state index is 10.7. The van der Waals surface area contributed by atoms with Crippen LogP contribution in [0.25, 0.3) is 20.8 Å². The normalized spacial score (nSPS) is 10.8. The highest BCUT2D eigenvalue weighted by Gasteiger charge is 2.11. The highest BCUT2D eigenvalue weighted by atomic mass is 32.1. The van der Waals surface area contributed by atoms with Crippen LogP contribution in [0.3, 0.4) is 0 Å². The van der Waals surface area contributed by atoms with Crippen molar-refractivity contribution in [2.45, 2.75) is 6.61 Å². The number of nitrogens with zero attached hydrogens (tertiary/aromatic N) is 2. The minimum absolute atomic E-state index is 0.0570. The predicted molar refractivity (Wildman–Crippen MR) is 109 cm³/mol. The molecule has 6 nitrogen and oxygen atoms in total. The fourth-order valence-corrected chi connectivity index (χ4v) is 3.75. The molecule has 3 aromatic carbocycles. The summed E-state index contributed by atoms with van der Waals surface area (Å²) in [7, 11) is 1.59. The summed E-state index contributed by atoms with van der Waals surface area (Å²) in [6.45, 7) is 0.287. The van der Waals surface area contributed by atoms with E-state index >= 15 is 0 Å². The van der Waals surface area contributed by atoms with Gasteiger partial charge in [-0.3, -0.25) is 10.1 Å². The molecule has 7 heteroatoms. The van der Waals surface area contributed by atoms with Crippen LogP contribution in [-0.2, 0) is 6.61 Å². The number of thiazole rings is 1. The Balaban J connectivity index is 1.54. The number of rotatable bonds is 6. The molecule has 0 fully saturated rings. The Bertz CT molecular complexity index is 1110. The number of aromatic nitrogens is 1. The highest BCUT2D eigenvalue weighted by molar-refractivity contribution is 7.21. The summed E-state index contributed by atoms with van der Waals surface area (Å²) in [6, 6.07) is 20.0. The molecule has 0 radical (unpaired) electrons. The van der Waals surface area contributed by atoms with Gasteiger partial charge in [-0.15, -0.1) is 11.3 Å². The summed E-state index contributed by atoms with van der Waals surface area (Å²) in [5.41, 5.74) is 2.82. The van der Waals surface area contributed by atoms with Crippen LogP contribution in [0.15, 0.2) is 66.7 Å². The summed E-state index contributed by atoms with van der Waals surface area (Å²) in [5, 5.41) is 11.7. The molecule has 1 aromatic heterocycles. The summed E-state index contributed by atoms with van der Waals surface area (Å²) in [5.74, 6) is 1.21. The Kier molecular flexibility index (Phi) is 4.90. The van der Waals surface area contributed by atoms with Crippen molar-refractivity contribution < 1.29 is 14.4 Å². The van der Waals surface area contributed by atoms with E-state index in [1.165, 1.54) is 12.1 Å². The lowest BCUT2D eigenvalue weighted by Gasteiger charge is -2.11. The lowest BCUT2D eigenvalue weighted by molar-refractivity contribution is -0.384. The fourth-order valence-electron chi connectivity index (χ4n) is 2.79. The Morgan fingerprint density at radius 3 is 2.54 bits per heavy atom. The number of non-ortho nitro benzene ring substituents is 1.